The Morgan fingerprint density at radius 1 is 1.06 bits per heavy atom. The van der Waals surface area contributed by atoms with Crippen molar-refractivity contribution in [1.82, 2.24) is 20.0 Å². The molecule has 8 heteroatoms. The van der Waals surface area contributed by atoms with E-state index in [9.17, 15) is 4.79 Å². The number of nitrogens with zero attached hydrogens (tertiary/aromatic N) is 4. The summed E-state index contributed by atoms with van der Waals surface area (Å²) in [6.07, 6.45) is 4.28. The van der Waals surface area contributed by atoms with Crippen molar-refractivity contribution in [3.63, 3.8) is 0 Å². The number of aliphatic imine (C=N–C) groups is 1. The second-order valence-electron chi connectivity index (χ2n) is 9.42. The molecule has 1 aliphatic heterocycles. The number of unbranched alkanes of at least 4 members (excludes halogenated alkanes) is 1. The third-order valence-corrected chi connectivity index (χ3v) is 5.80. The molecule has 32 heavy (non-hydrogen) atoms. The lowest BCUT2D eigenvalue weighted by Gasteiger charge is -2.36. The van der Waals surface area contributed by atoms with Crippen molar-refractivity contribution in [2.24, 2.45) is 10.9 Å². The lowest BCUT2D eigenvalue weighted by atomic mass is 9.96. The van der Waals surface area contributed by atoms with Gasteiger partial charge in [-0.1, -0.05) is 13.8 Å². The SMILES string of the molecule is CCNC(=NCCCCN(CC)CC)N1CCC(CN(CC)C(=O)OC(C)(C)C)CC1.I. The number of hydrogen-bond donors (Lipinski definition) is 1. The van der Waals surface area contributed by atoms with Crippen LogP contribution in [0.2, 0.25) is 0 Å². The number of nitrogens with one attached hydrogen (secondary N) is 1. The average molecular weight is 568 g/mol. The maximum atomic E-state index is 12.4. The predicted octanol–water partition coefficient (Wildman–Crippen LogP) is 4.66. The van der Waals surface area contributed by atoms with E-state index in [1.807, 2.05) is 32.6 Å². The van der Waals surface area contributed by atoms with Gasteiger partial charge in [-0.3, -0.25) is 4.99 Å². The third kappa shape index (κ3) is 12.5. The number of halogens is 1. The van der Waals surface area contributed by atoms with Crippen molar-refractivity contribution >= 4 is 36.0 Å². The summed E-state index contributed by atoms with van der Waals surface area (Å²) in [4.78, 5) is 24.0. The normalized spacial score (nSPS) is 15.5. The van der Waals surface area contributed by atoms with Gasteiger partial charge in [-0.05, 0) is 85.9 Å². The first-order chi connectivity index (χ1) is 14.7. The molecular weight excluding hydrogens is 517 g/mol. The first-order valence-corrected chi connectivity index (χ1v) is 12.5. The number of amides is 1. The summed E-state index contributed by atoms with van der Waals surface area (Å²) in [5.41, 5.74) is -0.448. The molecule has 0 aromatic rings. The van der Waals surface area contributed by atoms with Gasteiger partial charge in [-0.15, -0.1) is 24.0 Å². The molecule has 1 heterocycles. The Hall–Kier alpha value is -0.770. The molecule has 0 atom stereocenters. The summed E-state index contributed by atoms with van der Waals surface area (Å²) in [7, 11) is 0. The van der Waals surface area contributed by atoms with Crippen LogP contribution in [0.25, 0.3) is 0 Å². The number of likely N-dealkylation sites (tertiary alicyclic amines) is 1. The number of guanidine groups is 1. The first-order valence-electron chi connectivity index (χ1n) is 12.5. The summed E-state index contributed by atoms with van der Waals surface area (Å²) >= 11 is 0. The minimum absolute atomic E-state index is 0. The molecule has 190 valence electrons. The lowest BCUT2D eigenvalue weighted by molar-refractivity contribution is 0.0214. The van der Waals surface area contributed by atoms with Crippen LogP contribution in [0.3, 0.4) is 0 Å². The molecule has 1 rings (SSSR count). The van der Waals surface area contributed by atoms with Crippen LogP contribution in [0.4, 0.5) is 4.79 Å². The summed E-state index contributed by atoms with van der Waals surface area (Å²) in [5.74, 6) is 1.56. The van der Waals surface area contributed by atoms with E-state index >= 15 is 0 Å². The van der Waals surface area contributed by atoms with Gasteiger partial charge in [0.15, 0.2) is 5.96 Å². The summed E-state index contributed by atoms with van der Waals surface area (Å²) < 4.78 is 5.56. The van der Waals surface area contributed by atoms with Crippen molar-refractivity contribution in [1.29, 1.82) is 0 Å². The lowest BCUT2D eigenvalue weighted by Crippen LogP contribution is -2.48. The highest BCUT2D eigenvalue weighted by molar-refractivity contribution is 14.0. The van der Waals surface area contributed by atoms with E-state index in [-0.39, 0.29) is 30.1 Å². The number of carbonyl (C=O) groups is 1. The zero-order chi connectivity index (χ0) is 23.3. The van der Waals surface area contributed by atoms with Gasteiger partial charge in [-0.25, -0.2) is 4.79 Å². The summed E-state index contributed by atoms with van der Waals surface area (Å²) in [6.45, 7) is 23.0. The van der Waals surface area contributed by atoms with Gasteiger partial charge in [0.25, 0.3) is 0 Å². The van der Waals surface area contributed by atoms with Gasteiger partial charge in [0.1, 0.15) is 5.60 Å². The van der Waals surface area contributed by atoms with Crippen LogP contribution >= 0.6 is 24.0 Å². The van der Waals surface area contributed by atoms with Crippen LogP contribution < -0.4 is 5.32 Å². The second-order valence-corrected chi connectivity index (χ2v) is 9.42. The Balaban J connectivity index is 0.00000961. The molecule has 0 unspecified atom stereocenters. The van der Waals surface area contributed by atoms with E-state index in [1.165, 1.54) is 6.42 Å². The molecule has 0 saturated carbocycles. The van der Waals surface area contributed by atoms with Gasteiger partial charge >= 0.3 is 6.09 Å². The van der Waals surface area contributed by atoms with Crippen LogP contribution in [0.5, 0.6) is 0 Å². The monoisotopic (exact) mass is 567 g/mol. The summed E-state index contributed by atoms with van der Waals surface area (Å²) in [6, 6.07) is 0. The van der Waals surface area contributed by atoms with Crippen molar-refractivity contribution in [3.8, 4) is 0 Å². The third-order valence-electron chi connectivity index (χ3n) is 5.80. The molecule has 0 radical (unpaired) electrons. The molecule has 1 saturated heterocycles. The zero-order valence-corrected chi connectivity index (χ0v) is 24.1. The zero-order valence-electron chi connectivity index (χ0n) is 21.8. The molecule has 0 aromatic carbocycles. The molecule has 1 amide bonds. The smallest absolute Gasteiger partial charge is 0.410 e. The van der Waals surface area contributed by atoms with Gasteiger partial charge in [-0.2, -0.15) is 0 Å². The van der Waals surface area contributed by atoms with E-state index in [0.717, 1.165) is 77.6 Å². The Morgan fingerprint density at radius 2 is 1.69 bits per heavy atom. The molecule has 0 aliphatic carbocycles. The molecule has 0 aromatic heterocycles. The molecule has 7 nitrogen and oxygen atoms in total. The molecule has 0 bridgehead atoms. The highest BCUT2D eigenvalue weighted by Crippen LogP contribution is 2.20. The van der Waals surface area contributed by atoms with Crippen LogP contribution in [-0.2, 0) is 4.74 Å². The maximum Gasteiger partial charge on any atom is 0.410 e. The minimum atomic E-state index is -0.448. The van der Waals surface area contributed by atoms with Gasteiger partial charge in [0.05, 0.1) is 0 Å². The van der Waals surface area contributed by atoms with E-state index in [2.05, 4.69) is 35.9 Å². The number of ether oxygens (including phenoxy) is 1. The van der Waals surface area contributed by atoms with Crippen molar-refractivity contribution in [2.45, 2.75) is 79.8 Å². The first kappa shape index (κ1) is 31.2. The Labute approximate surface area is 214 Å². The van der Waals surface area contributed by atoms with Crippen molar-refractivity contribution in [2.75, 3.05) is 58.9 Å². The van der Waals surface area contributed by atoms with Crippen molar-refractivity contribution < 1.29 is 9.53 Å². The number of hydrogen-bond acceptors (Lipinski definition) is 4. The topological polar surface area (TPSA) is 60.4 Å². The highest BCUT2D eigenvalue weighted by Gasteiger charge is 2.27. The molecule has 0 spiro atoms. The maximum absolute atomic E-state index is 12.4. The number of carbonyl (C=O) groups excluding carboxylic acids is 1. The van der Waals surface area contributed by atoms with E-state index in [0.29, 0.717) is 12.5 Å². The largest absolute Gasteiger partial charge is 0.444 e. The fourth-order valence-corrected chi connectivity index (χ4v) is 3.90. The Bertz CT molecular complexity index is 527. The molecular formula is C24H50IN5O2. The van der Waals surface area contributed by atoms with Gasteiger partial charge in [0.2, 0.25) is 0 Å². The quantitative estimate of drug-likeness (QED) is 0.170. The van der Waals surface area contributed by atoms with Crippen LogP contribution in [0, 0.1) is 5.92 Å². The number of piperidine rings is 1. The minimum Gasteiger partial charge on any atom is -0.444 e. The fourth-order valence-electron chi connectivity index (χ4n) is 3.90. The van der Waals surface area contributed by atoms with Crippen LogP contribution in [-0.4, -0.2) is 91.3 Å². The fraction of sp³-hybridized carbons (Fsp3) is 0.917. The molecule has 1 N–H and O–H groups in total. The summed E-state index contributed by atoms with van der Waals surface area (Å²) in [5, 5.41) is 3.47. The van der Waals surface area contributed by atoms with Crippen molar-refractivity contribution in [3.05, 3.63) is 0 Å². The van der Waals surface area contributed by atoms with E-state index in [1.54, 1.807) is 0 Å². The number of rotatable bonds is 11. The van der Waals surface area contributed by atoms with E-state index < -0.39 is 5.60 Å². The van der Waals surface area contributed by atoms with Crippen LogP contribution in [0.15, 0.2) is 4.99 Å². The highest BCUT2D eigenvalue weighted by atomic mass is 127. The standard InChI is InChI=1S/C24H49N5O2.HI/c1-8-25-22(26-16-12-13-17-27(9-2)10-3)29-18-14-21(15-19-29)20-28(11-4)23(30)31-24(5,6)7;/h21H,8-20H2,1-7H3,(H,25,26);1H. The Morgan fingerprint density at radius 3 is 2.19 bits per heavy atom. The molecule has 1 fully saturated rings. The Kier molecular flexibility index (Phi) is 16.4. The van der Waals surface area contributed by atoms with Gasteiger partial charge < -0.3 is 24.8 Å². The van der Waals surface area contributed by atoms with E-state index in [4.69, 9.17) is 9.73 Å². The average Bonchev–Trinajstić information content (AvgIpc) is 2.73. The molecule has 1 aliphatic rings. The second kappa shape index (κ2) is 16.8. The predicted molar refractivity (Wildman–Crippen MR) is 146 cm³/mol. The van der Waals surface area contributed by atoms with Gasteiger partial charge in [0, 0.05) is 39.3 Å². The van der Waals surface area contributed by atoms with Crippen LogP contribution in [0.1, 0.15) is 74.1 Å².